The van der Waals surface area contributed by atoms with E-state index in [0.29, 0.717) is 61.4 Å². The van der Waals surface area contributed by atoms with E-state index in [1.807, 2.05) is 46.7 Å². The Morgan fingerprint density at radius 1 is 1.07 bits per heavy atom. The third-order valence-corrected chi connectivity index (χ3v) is 9.63. The molecule has 9 nitrogen and oxygen atoms in total. The summed E-state index contributed by atoms with van der Waals surface area (Å²) in [6.45, 7) is 3.92. The summed E-state index contributed by atoms with van der Waals surface area (Å²) >= 11 is 1.38. The molecule has 5 rings (SSSR count). The Bertz CT molecular complexity index is 1320. The summed E-state index contributed by atoms with van der Waals surface area (Å²) < 4.78 is 5.22. The molecule has 0 bridgehead atoms. The van der Waals surface area contributed by atoms with Gasteiger partial charge in [0, 0.05) is 31.7 Å². The van der Waals surface area contributed by atoms with Crippen LogP contribution in [0, 0.1) is 18.8 Å². The number of amides is 3. The maximum Gasteiger partial charge on any atom is 0.276 e. The maximum absolute atomic E-state index is 13.8. The smallest absolute Gasteiger partial charge is 0.276 e. The first kappa shape index (κ1) is 30.0. The fraction of sp³-hybridized carbons (Fsp3) is 0.500. The number of aromatic nitrogens is 1. The number of carbonyl (C=O) groups excluding carboxylic acids is 3. The fourth-order valence-corrected chi connectivity index (χ4v) is 6.93. The van der Waals surface area contributed by atoms with E-state index in [1.165, 1.54) is 11.3 Å². The summed E-state index contributed by atoms with van der Waals surface area (Å²) in [6.07, 6.45) is 5.87. The standard InChI is InChI=1S/C32H41N5O4S/c1-22-18-27(35-41-22)31(39)36(15-13-23-6-3-2-4-7-23)26-14-16-37(32(40)29-8-5-17-42-29)28(19-26)30(38)34-21-25-11-9-24(20-33)10-12-25/h2-8,17-18,24-26,28H,9-16,19-21,33H2,1H3,(H,34,38)/t24?,25?,26?,28-/m1/s1. The van der Waals surface area contributed by atoms with Crippen LogP contribution in [0.3, 0.4) is 0 Å². The number of likely N-dealkylation sites (tertiary alicyclic amines) is 1. The monoisotopic (exact) mass is 591 g/mol. The summed E-state index contributed by atoms with van der Waals surface area (Å²) in [6, 6.07) is 14.4. The number of benzene rings is 1. The zero-order valence-corrected chi connectivity index (χ0v) is 25.1. The van der Waals surface area contributed by atoms with Gasteiger partial charge < -0.3 is 25.4 Å². The SMILES string of the molecule is Cc1cc(C(=O)N(CCc2ccccc2)C2CCN(C(=O)c3cccs3)[C@@H](C(=O)NCC3CCC(CN)CC3)C2)no1. The molecule has 2 aromatic heterocycles. The molecule has 10 heteroatoms. The zero-order chi connectivity index (χ0) is 29.5. The van der Waals surface area contributed by atoms with Gasteiger partial charge in [-0.2, -0.15) is 0 Å². The van der Waals surface area contributed by atoms with Crippen molar-refractivity contribution in [3.05, 3.63) is 75.8 Å². The van der Waals surface area contributed by atoms with Crippen LogP contribution in [0.2, 0.25) is 0 Å². The molecule has 3 amide bonds. The van der Waals surface area contributed by atoms with E-state index in [1.54, 1.807) is 24.0 Å². The first-order valence-electron chi connectivity index (χ1n) is 15.0. The quantitative estimate of drug-likeness (QED) is 0.363. The van der Waals surface area contributed by atoms with Gasteiger partial charge in [-0.1, -0.05) is 41.6 Å². The van der Waals surface area contributed by atoms with Crippen molar-refractivity contribution in [1.29, 1.82) is 0 Å². The van der Waals surface area contributed by atoms with Gasteiger partial charge >= 0.3 is 0 Å². The van der Waals surface area contributed by atoms with Crippen LogP contribution < -0.4 is 11.1 Å². The van der Waals surface area contributed by atoms with Crippen molar-refractivity contribution in [2.75, 3.05) is 26.2 Å². The van der Waals surface area contributed by atoms with Crippen LogP contribution in [0.4, 0.5) is 0 Å². The summed E-state index contributed by atoms with van der Waals surface area (Å²) in [5.74, 6) is 1.04. The number of hydrogen-bond acceptors (Lipinski definition) is 7. The number of aryl methyl sites for hydroxylation is 1. The average molecular weight is 592 g/mol. The molecule has 2 fully saturated rings. The van der Waals surface area contributed by atoms with Crippen molar-refractivity contribution < 1.29 is 18.9 Å². The molecule has 0 radical (unpaired) electrons. The molecular formula is C32H41N5O4S. The highest BCUT2D eigenvalue weighted by Crippen LogP contribution is 2.29. The van der Waals surface area contributed by atoms with Crippen molar-refractivity contribution >= 4 is 29.1 Å². The highest BCUT2D eigenvalue weighted by molar-refractivity contribution is 7.12. The van der Waals surface area contributed by atoms with Gasteiger partial charge in [0.15, 0.2) is 5.69 Å². The van der Waals surface area contributed by atoms with Gasteiger partial charge in [0.05, 0.1) is 4.88 Å². The van der Waals surface area contributed by atoms with E-state index in [4.69, 9.17) is 10.3 Å². The molecule has 1 saturated heterocycles. The Kier molecular flexibility index (Phi) is 10.1. The van der Waals surface area contributed by atoms with E-state index >= 15 is 0 Å². The van der Waals surface area contributed by atoms with Gasteiger partial charge in [0.1, 0.15) is 11.8 Å². The van der Waals surface area contributed by atoms with E-state index in [9.17, 15) is 14.4 Å². The number of nitrogens with one attached hydrogen (secondary N) is 1. The lowest BCUT2D eigenvalue weighted by Crippen LogP contribution is -2.58. The van der Waals surface area contributed by atoms with Crippen LogP contribution in [0.1, 0.15) is 70.0 Å². The normalized spacial score (nSPS) is 22.5. The molecule has 3 aromatic rings. The second kappa shape index (κ2) is 14.1. The molecule has 2 atom stereocenters. The molecule has 1 aliphatic carbocycles. The van der Waals surface area contributed by atoms with Crippen LogP contribution in [-0.4, -0.2) is 70.9 Å². The van der Waals surface area contributed by atoms with Gasteiger partial charge in [-0.05, 0) is 87.3 Å². The summed E-state index contributed by atoms with van der Waals surface area (Å²) in [7, 11) is 0. The maximum atomic E-state index is 13.8. The third-order valence-electron chi connectivity index (χ3n) is 8.77. The van der Waals surface area contributed by atoms with E-state index in [0.717, 1.165) is 37.8 Å². The lowest BCUT2D eigenvalue weighted by atomic mass is 9.82. The van der Waals surface area contributed by atoms with Crippen molar-refractivity contribution in [3.8, 4) is 0 Å². The molecule has 1 aromatic carbocycles. The second-order valence-electron chi connectivity index (χ2n) is 11.6. The van der Waals surface area contributed by atoms with Gasteiger partial charge in [-0.15, -0.1) is 11.3 Å². The lowest BCUT2D eigenvalue weighted by molar-refractivity contribution is -0.127. The molecule has 224 valence electrons. The zero-order valence-electron chi connectivity index (χ0n) is 24.2. The van der Waals surface area contributed by atoms with Crippen LogP contribution in [0.25, 0.3) is 0 Å². The van der Waals surface area contributed by atoms with Crippen molar-refractivity contribution in [2.24, 2.45) is 17.6 Å². The highest BCUT2D eigenvalue weighted by atomic mass is 32.1. The minimum atomic E-state index is -0.676. The molecule has 1 unspecified atom stereocenters. The predicted octanol–water partition coefficient (Wildman–Crippen LogP) is 4.28. The Labute approximate surface area is 251 Å². The number of thiophene rings is 1. The molecule has 0 spiro atoms. The summed E-state index contributed by atoms with van der Waals surface area (Å²) in [4.78, 5) is 45.2. The van der Waals surface area contributed by atoms with Crippen molar-refractivity contribution in [3.63, 3.8) is 0 Å². The molecule has 2 aliphatic rings. The topological polar surface area (TPSA) is 122 Å². The third kappa shape index (κ3) is 7.28. The molecule has 42 heavy (non-hydrogen) atoms. The Morgan fingerprint density at radius 2 is 1.83 bits per heavy atom. The fourth-order valence-electron chi connectivity index (χ4n) is 6.26. The first-order valence-corrected chi connectivity index (χ1v) is 15.9. The summed E-state index contributed by atoms with van der Waals surface area (Å²) in [5, 5.41) is 9.04. The first-order chi connectivity index (χ1) is 20.4. The number of rotatable bonds is 10. The summed E-state index contributed by atoms with van der Waals surface area (Å²) in [5.41, 5.74) is 7.24. The second-order valence-corrected chi connectivity index (χ2v) is 12.5. The molecule has 3 heterocycles. The van der Waals surface area contributed by atoms with Crippen LogP contribution in [-0.2, 0) is 11.2 Å². The van der Waals surface area contributed by atoms with Crippen LogP contribution in [0.5, 0.6) is 0 Å². The Hall–Kier alpha value is -3.50. The van der Waals surface area contributed by atoms with E-state index in [2.05, 4.69) is 10.5 Å². The van der Waals surface area contributed by atoms with Crippen molar-refractivity contribution in [1.82, 2.24) is 20.3 Å². The highest BCUT2D eigenvalue weighted by Gasteiger charge is 2.40. The number of hydrogen-bond donors (Lipinski definition) is 2. The Balaban J connectivity index is 1.34. The van der Waals surface area contributed by atoms with Gasteiger partial charge in [0.2, 0.25) is 5.91 Å². The van der Waals surface area contributed by atoms with E-state index < -0.39 is 6.04 Å². The molecular weight excluding hydrogens is 550 g/mol. The molecule has 1 aliphatic heterocycles. The molecule has 1 saturated carbocycles. The van der Waals surface area contributed by atoms with Crippen LogP contribution >= 0.6 is 11.3 Å². The number of carbonyl (C=O) groups is 3. The Morgan fingerprint density at radius 3 is 2.50 bits per heavy atom. The van der Waals surface area contributed by atoms with Crippen molar-refractivity contribution in [2.45, 2.75) is 64.0 Å². The average Bonchev–Trinajstić information content (AvgIpc) is 3.73. The number of nitrogens with two attached hydrogens (primary N) is 1. The number of piperidine rings is 1. The minimum Gasteiger partial charge on any atom is -0.361 e. The van der Waals surface area contributed by atoms with Gasteiger partial charge in [-0.3, -0.25) is 14.4 Å². The number of nitrogens with zero attached hydrogens (tertiary/aromatic N) is 3. The van der Waals surface area contributed by atoms with E-state index in [-0.39, 0.29) is 29.5 Å². The van der Waals surface area contributed by atoms with Crippen LogP contribution in [0.15, 0.2) is 58.4 Å². The predicted molar refractivity (Wildman–Crippen MR) is 162 cm³/mol. The molecule has 3 N–H and O–H groups in total. The lowest BCUT2D eigenvalue weighted by Gasteiger charge is -2.42. The van der Waals surface area contributed by atoms with Gasteiger partial charge in [0.25, 0.3) is 11.8 Å². The van der Waals surface area contributed by atoms with Gasteiger partial charge in [-0.25, -0.2) is 0 Å². The largest absolute Gasteiger partial charge is 0.361 e. The minimum absolute atomic E-state index is 0.138.